The lowest BCUT2D eigenvalue weighted by Crippen LogP contribution is -2.01. The Balaban J connectivity index is 0.000000593. The molecule has 0 fully saturated rings. The molecule has 0 bridgehead atoms. The average Bonchev–Trinajstić information content (AvgIpc) is 2.54. The second kappa shape index (κ2) is 8.95. The molecule has 2 rings (SSSR count). The number of benzene rings is 2. The second-order valence-corrected chi connectivity index (χ2v) is 5.69. The van der Waals surface area contributed by atoms with E-state index in [2.05, 4.69) is 0 Å². The summed E-state index contributed by atoms with van der Waals surface area (Å²) >= 11 is 0. The van der Waals surface area contributed by atoms with Crippen LogP contribution in [0.25, 0.3) is 0 Å². The summed E-state index contributed by atoms with van der Waals surface area (Å²) in [6, 6.07) is 14.5. The summed E-state index contributed by atoms with van der Waals surface area (Å²) in [4.78, 5) is 12.4. The summed E-state index contributed by atoms with van der Waals surface area (Å²) in [7, 11) is 9.65. The third kappa shape index (κ3) is 6.12. The van der Waals surface area contributed by atoms with Crippen LogP contribution in [0.1, 0.15) is 16.9 Å². The van der Waals surface area contributed by atoms with Gasteiger partial charge < -0.3 is 9.64 Å². The van der Waals surface area contributed by atoms with Gasteiger partial charge in [0.1, 0.15) is 13.6 Å². The quantitative estimate of drug-likeness (QED) is 0.494. The maximum atomic E-state index is 10.8. The number of ether oxygens (including phenoxy) is 1. The molecule has 0 aliphatic carbocycles. The Bertz CT molecular complexity index is 627. The van der Waals surface area contributed by atoms with Gasteiger partial charge in [0.05, 0.1) is 12.0 Å². The highest BCUT2D eigenvalue weighted by molar-refractivity contribution is 6.14. The van der Waals surface area contributed by atoms with Crippen molar-refractivity contribution in [1.29, 1.82) is 0 Å². The molecule has 0 N–H and O–H groups in total. The first-order chi connectivity index (χ1) is 10.8. The van der Waals surface area contributed by atoms with Crippen LogP contribution in [0, 0.1) is 10.1 Å². The van der Waals surface area contributed by atoms with Crippen molar-refractivity contribution in [2.45, 2.75) is 5.82 Å². The molecule has 0 spiro atoms. The molecule has 1 atom stereocenters. The minimum absolute atomic E-state index is 0.103. The lowest BCUT2D eigenvalue weighted by atomic mass is 9.76. The van der Waals surface area contributed by atoms with E-state index in [0.29, 0.717) is 0 Å². The van der Waals surface area contributed by atoms with Crippen molar-refractivity contribution in [3.8, 4) is 5.75 Å². The minimum Gasteiger partial charge on any atom is -0.497 e. The molecule has 122 valence electrons. The average molecular weight is 314 g/mol. The van der Waals surface area contributed by atoms with Crippen molar-refractivity contribution in [2.24, 2.45) is 0 Å². The summed E-state index contributed by atoms with van der Waals surface area (Å²) in [6.45, 7) is 0. The zero-order valence-electron chi connectivity index (χ0n) is 14.3. The molecule has 0 saturated heterocycles. The van der Waals surface area contributed by atoms with Crippen LogP contribution in [-0.4, -0.2) is 45.9 Å². The number of hydrogen-bond donors (Lipinski definition) is 0. The van der Waals surface area contributed by atoms with Crippen LogP contribution in [-0.2, 0) is 0 Å². The highest BCUT2D eigenvalue weighted by Crippen LogP contribution is 2.26. The monoisotopic (exact) mass is 314 g/mol. The number of hydrogen-bond acceptors (Lipinski definition) is 4. The van der Waals surface area contributed by atoms with E-state index in [9.17, 15) is 10.1 Å². The lowest BCUT2D eigenvalue weighted by molar-refractivity contribution is -0.384. The fourth-order valence-corrected chi connectivity index (χ4v) is 1.99. The van der Waals surface area contributed by atoms with Crippen molar-refractivity contribution in [3.05, 3.63) is 69.8 Å². The molecule has 2 aromatic rings. The van der Waals surface area contributed by atoms with E-state index in [4.69, 9.17) is 4.74 Å². The normalized spacial score (nSPS) is 11.3. The van der Waals surface area contributed by atoms with Gasteiger partial charge in [0.25, 0.3) is 5.69 Å². The molecule has 1 unspecified atom stereocenters. The zero-order chi connectivity index (χ0) is 17.4. The third-order valence-electron chi connectivity index (χ3n) is 3.20. The van der Waals surface area contributed by atoms with Crippen LogP contribution in [0.4, 0.5) is 5.69 Å². The number of methoxy groups -OCH3 is 1. The Morgan fingerprint density at radius 2 is 1.65 bits per heavy atom. The highest BCUT2D eigenvalue weighted by atomic mass is 16.6. The predicted octanol–water partition coefficient (Wildman–Crippen LogP) is 2.50. The van der Waals surface area contributed by atoms with Crippen LogP contribution >= 0.6 is 0 Å². The lowest BCUT2D eigenvalue weighted by Gasteiger charge is -2.12. The van der Waals surface area contributed by atoms with E-state index in [-0.39, 0.29) is 16.4 Å². The second-order valence-electron chi connectivity index (χ2n) is 5.69. The molecule has 0 aliphatic heterocycles. The first-order valence-corrected chi connectivity index (χ1v) is 7.34. The van der Waals surface area contributed by atoms with Gasteiger partial charge in [-0.15, -0.1) is 0 Å². The van der Waals surface area contributed by atoms with Crippen molar-refractivity contribution >= 4 is 13.5 Å². The Hall–Kier alpha value is -2.34. The highest BCUT2D eigenvalue weighted by Gasteiger charge is 2.12. The number of nitrogens with zero attached hydrogens (tertiary/aromatic N) is 2. The molecule has 0 saturated carbocycles. The summed E-state index contributed by atoms with van der Waals surface area (Å²) in [5.74, 6) is 0.904. The summed E-state index contributed by atoms with van der Waals surface area (Å²) < 4.78 is 5.12. The molecule has 0 aliphatic rings. The molecule has 2 aromatic carbocycles. The van der Waals surface area contributed by atoms with E-state index in [0.717, 1.165) is 16.9 Å². The van der Waals surface area contributed by atoms with Gasteiger partial charge in [-0.1, -0.05) is 24.3 Å². The fourth-order valence-electron chi connectivity index (χ4n) is 1.99. The summed E-state index contributed by atoms with van der Waals surface area (Å²) in [5.41, 5.74) is 2.15. The van der Waals surface area contributed by atoms with Crippen molar-refractivity contribution in [1.82, 2.24) is 4.90 Å². The molecule has 0 amide bonds. The van der Waals surface area contributed by atoms with Gasteiger partial charge in [-0.25, -0.2) is 0 Å². The first-order valence-electron chi connectivity index (χ1n) is 7.34. The standard InChI is InChI=1S/C14H14BNO3.C3H9N/c1-19-13-7-5-10(6-8-13)14(15)11-3-2-4-12(9-11)16(17)18;1-4(2)3/h2-9,14H,15H2,1H3;1-3H3. The van der Waals surface area contributed by atoms with Gasteiger partial charge in [0, 0.05) is 12.1 Å². The number of rotatable bonds is 4. The molecular weight excluding hydrogens is 291 g/mol. The maximum absolute atomic E-state index is 10.8. The van der Waals surface area contributed by atoms with Gasteiger partial charge in [-0.3, -0.25) is 10.1 Å². The zero-order valence-corrected chi connectivity index (χ0v) is 14.3. The van der Waals surface area contributed by atoms with Crippen molar-refractivity contribution in [3.63, 3.8) is 0 Å². The molecule has 23 heavy (non-hydrogen) atoms. The van der Waals surface area contributed by atoms with Crippen LogP contribution in [0.3, 0.4) is 0 Å². The Kier molecular flexibility index (Phi) is 7.28. The fraction of sp³-hybridized carbons (Fsp3) is 0.294. The molecule has 5 nitrogen and oxygen atoms in total. The van der Waals surface area contributed by atoms with E-state index in [1.807, 2.05) is 64.2 Å². The van der Waals surface area contributed by atoms with Gasteiger partial charge >= 0.3 is 0 Å². The van der Waals surface area contributed by atoms with Crippen LogP contribution in [0.2, 0.25) is 0 Å². The first kappa shape index (κ1) is 18.7. The topological polar surface area (TPSA) is 55.6 Å². The number of nitro groups is 1. The van der Waals surface area contributed by atoms with E-state index in [1.165, 1.54) is 6.07 Å². The molecule has 6 heteroatoms. The predicted molar refractivity (Wildman–Crippen MR) is 96.1 cm³/mol. The van der Waals surface area contributed by atoms with Crippen molar-refractivity contribution in [2.75, 3.05) is 28.3 Å². The maximum Gasteiger partial charge on any atom is 0.269 e. The summed E-state index contributed by atoms with van der Waals surface area (Å²) in [6.07, 6.45) is 0. The third-order valence-corrected chi connectivity index (χ3v) is 3.20. The van der Waals surface area contributed by atoms with Crippen molar-refractivity contribution < 1.29 is 9.66 Å². The van der Waals surface area contributed by atoms with E-state index >= 15 is 0 Å². The molecule has 0 heterocycles. The van der Waals surface area contributed by atoms with Gasteiger partial charge in [-0.2, -0.15) is 0 Å². The molecule has 0 aromatic heterocycles. The Morgan fingerprint density at radius 1 is 1.09 bits per heavy atom. The largest absolute Gasteiger partial charge is 0.497 e. The van der Waals surface area contributed by atoms with Gasteiger partial charge in [0.2, 0.25) is 0 Å². The Labute approximate surface area is 138 Å². The van der Waals surface area contributed by atoms with E-state index in [1.54, 1.807) is 19.2 Å². The van der Waals surface area contributed by atoms with Crippen LogP contribution < -0.4 is 4.74 Å². The smallest absolute Gasteiger partial charge is 0.269 e. The van der Waals surface area contributed by atoms with Crippen LogP contribution in [0.15, 0.2) is 48.5 Å². The molecule has 0 radical (unpaired) electrons. The SMILES string of the molecule is BC(c1ccc(OC)cc1)c1cccc([N+](=O)[O-])c1.CN(C)C. The van der Waals surface area contributed by atoms with Crippen LogP contribution in [0.5, 0.6) is 5.75 Å². The van der Waals surface area contributed by atoms with E-state index < -0.39 is 0 Å². The van der Waals surface area contributed by atoms with Gasteiger partial charge in [-0.05, 0) is 50.2 Å². The Morgan fingerprint density at radius 3 is 2.13 bits per heavy atom. The van der Waals surface area contributed by atoms with Gasteiger partial charge in [0.15, 0.2) is 0 Å². The number of non-ortho nitro benzene ring substituents is 1. The molecular formula is C17H23BN2O3. The summed E-state index contributed by atoms with van der Waals surface area (Å²) in [5, 5.41) is 10.8. The minimum atomic E-state index is -0.371. The number of nitro benzene ring substituents is 1.